The van der Waals surface area contributed by atoms with Gasteiger partial charge in [-0.3, -0.25) is 4.79 Å². The number of rotatable bonds is 9. The van der Waals surface area contributed by atoms with Crippen molar-refractivity contribution >= 4 is 16.0 Å². The van der Waals surface area contributed by atoms with Crippen LogP contribution in [0.1, 0.15) is 20.3 Å². The van der Waals surface area contributed by atoms with Gasteiger partial charge in [0.05, 0.1) is 12.2 Å². The Labute approximate surface area is 103 Å². The molecular formula is C10H22N2O4S. The molecule has 7 heteroatoms. The van der Waals surface area contributed by atoms with Gasteiger partial charge in [0.1, 0.15) is 0 Å². The number of aliphatic carboxylic acids is 1. The van der Waals surface area contributed by atoms with E-state index in [2.05, 4.69) is 5.32 Å². The molecule has 0 saturated heterocycles. The molecule has 17 heavy (non-hydrogen) atoms. The Balaban J connectivity index is 3.74. The number of carboxylic acids is 1. The van der Waals surface area contributed by atoms with Crippen molar-refractivity contribution in [3.63, 3.8) is 0 Å². The lowest BCUT2D eigenvalue weighted by atomic mass is 10.2. The molecule has 1 atom stereocenters. The van der Waals surface area contributed by atoms with E-state index in [0.717, 1.165) is 0 Å². The number of nitrogens with one attached hydrogen (secondary N) is 1. The largest absolute Gasteiger partial charge is 0.481 e. The molecule has 0 spiro atoms. The molecule has 102 valence electrons. The van der Waals surface area contributed by atoms with E-state index >= 15 is 0 Å². The van der Waals surface area contributed by atoms with Crippen LogP contribution < -0.4 is 5.32 Å². The van der Waals surface area contributed by atoms with Crippen molar-refractivity contribution < 1.29 is 18.3 Å². The maximum Gasteiger partial charge on any atom is 0.307 e. The van der Waals surface area contributed by atoms with E-state index in [1.54, 1.807) is 13.8 Å². The molecule has 0 aromatic heterocycles. The first kappa shape index (κ1) is 16.3. The molecule has 0 amide bonds. The van der Waals surface area contributed by atoms with Gasteiger partial charge in [0.25, 0.3) is 0 Å². The third-order valence-electron chi connectivity index (χ3n) is 2.45. The van der Waals surface area contributed by atoms with Crippen LogP contribution in [-0.4, -0.2) is 56.2 Å². The third-order valence-corrected chi connectivity index (χ3v) is 3.83. The van der Waals surface area contributed by atoms with Crippen molar-refractivity contribution in [3.05, 3.63) is 0 Å². The molecule has 0 heterocycles. The van der Waals surface area contributed by atoms with Crippen molar-refractivity contribution in [2.24, 2.45) is 5.92 Å². The molecule has 2 N–H and O–H groups in total. The van der Waals surface area contributed by atoms with E-state index in [9.17, 15) is 13.2 Å². The highest BCUT2D eigenvalue weighted by Crippen LogP contribution is 1.98. The zero-order valence-corrected chi connectivity index (χ0v) is 11.5. The Morgan fingerprint density at radius 1 is 1.47 bits per heavy atom. The summed E-state index contributed by atoms with van der Waals surface area (Å²) >= 11 is 0. The van der Waals surface area contributed by atoms with Gasteiger partial charge in [-0.05, 0) is 13.0 Å². The molecule has 6 nitrogen and oxygen atoms in total. The van der Waals surface area contributed by atoms with E-state index in [-0.39, 0.29) is 0 Å². The predicted molar refractivity (Wildman–Crippen MR) is 66.4 cm³/mol. The highest BCUT2D eigenvalue weighted by molar-refractivity contribution is 7.88. The third kappa shape index (κ3) is 7.30. The maximum atomic E-state index is 11.3. The molecule has 0 bridgehead atoms. The van der Waals surface area contributed by atoms with Crippen LogP contribution in [0.4, 0.5) is 0 Å². The minimum absolute atomic E-state index is 0.403. The Kier molecular flexibility index (Phi) is 7.33. The van der Waals surface area contributed by atoms with Gasteiger partial charge in [0.2, 0.25) is 10.0 Å². The minimum atomic E-state index is -3.12. The summed E-state index contributed by atoms with van der Waals surface area (Å²) in [5, 5.41) is 11.6. The molecular weight excluding hydrogens is 244 g/mol. The zero-order valence-electron chi connectivity index (χ0n) is 10.6. The Morgan fingerprint density at radius 2 is 2.06 bits per heavy atom. The molecule has 0 aromatic carbocycles. The highest BCUT2D eigenvalue weighted by atomic mass is 32.2. The normalized spacial score (nSPS) is 13.9. The molecule has 0 rings (SSSR count). The summed E-state index contributed by atoms with van der Waals surface area (Å²) in [5.41, 5.74) is 0. The molecule has 0 saturated carbocycles. The van der Waals surface area contributed by atoms with E-state index in [4.69, 9.17) is 5.11 Å². The van der Waals surface area contributed by atoms with Crippen LogP contribution in [0.3, 0.4) is 0 Å². The van der Waals surface area contributed by atoms with Crippen LogP contribution in [0.2, 0.25) is 0 Å². The molecule has 0 aliphatic rings. The van der Waals surface area contributed by atoms with Gasteiger partial charge in [-0.1, -0.05) is 13.8 Å². The first-order valence-corrected chi connectivity index (χ1v) is 7.52. The average Bonchev–Trinajstić information content (AvgIpc) is 2.20. The smallest absolute Gasteiger partial charge is 0.307 e. The fourth-order valence-corrected chi connectivity index (χ4v) is 2.27. The lowest BCUT2D eigenvalue weighted by Crippen LogP contribution is -2.33. The predicted octanol–water partition coefficient (Wildman–Crippen LogP) is -0.0317. The van der Waals surface area contributed by atoms with Gasteiger partial charge in [0, 0.05) is 19.6 Å². The number of carbonyl (C=O) groups is 1. The monoisotopic (exact) mass is 266 g/mol. The van der Waals surface area contributed by atoms with Gasteiger partial charge < -0.3 is 10.4 Å². The van der Waals surface area contributed by atoms with Gasteiger partial charge in [-0.25, -0.2) is 12.7 Å². The summed E-state index contributed by atoms with van der Waals surface area (Å²) < 4.78 is 23.9. The van der Waals surface area contributed by atoms with E-state index in [1.165, 1.54) is 10.6 Å². The fourth-order valence-electron chi connectivity index (χ4n) is 1.34. The SMILES string of the molecule is CCN(CCCNCC(C)C(=O)O)S(C)(=O)=O. The molecule has 0 aromatic rings. The van der Waals surface area contributed by atoms with Crippen molar-refractivity contribution in [1.82, 2.24) is 9.62 Å². The summed E-state index contributed by atoms with van der Waals surface area (Å²) in [6.45, 7) is 5.36. The van der Waals surface area contributed by atoms with Crippen LogP contribution in [0, 0.1) is 5.92 Å². The second kappa shape index (κ2) is 7.62. The first-order valence-electron chi connectivity index (χ1n) is 5.67. The fraction of sp³-hybridized carbons (Fsp3) is 0.900. The maximum absolute atomic E-state index is 11.3. The van der Waals surface area contributed by atoms with E-state index in [1.807, 2.05) is 0 Å². The van der Waals surface area contributed by atoms with Crippen LogP contribution in [0.5, 0.6) is 0 Å². The quantitative estimate of drug-likeness (QED) is 0.572. The molecule has 0 aliphatic carbocycles. The minimum Gasteiger partial charge on any atom is -0.481 e. The van der Waals surface area contributed by atoms with Crippen molar-refractivity contribution in [2.75, 3.05) is 32.4 Å². The summed E-state index contributed by atoms with van der Waals surface area (Å²) in [5.74, 6) is -1.25. The standard InChI is InChI=1S/C10H22N2O4S/c1-4-12(17(3,15)16)7-5-6-11-8-9(2)10(13)14/h9,11H,4-8H2,1-3H3,(H,13,14). The van der Waals surface area contributed by atoms with Crippen LogP contribution in [0.25, 0.3) is 0 Å². The number of nitrogens with zero attached hydrogens (tertiary/aromatic N) is 1. The second-order valence-electron chi connectivity index (χ2n) is 4.05. The number of hydrogen-bond donors (Lipinski definition) is 2. The Morgan fingerprint density at radius 3 is 2.47 bits per heavy atom. The highest BCUT2D eigenvalue weighted by Gasteiger charge is 2.13. The van der Waals surface area contributed by atoms with Crippen molar-refractivity contribution in [3.8, 4) is 0 Å². The molecule has 0 radical (unpaired) electrons. The molecule has 0 fully saturated rings. The van der Waals surface area contributed by atoms with E-state index < -0.39 is 21.9 Å². The van der Waals surface area contributed by atoms with Gasteiger partial charge in [0.15, 0.2) is 0 Å². The summed E-state index contributed by atoms with van der Waals surface area (Å²) in [7, 11) is -3.12. The van der Waals surface area contributed by atoms with Crippen LogP contribution in [0.15, 0.2) is 0 Å². The second-order valence-corrected chi connectivity index (χ2v) is 6.03. The lowest BCUT2D eigenvalue weighted by molar-refractivity contribution is -0.140. The summed E-state index contributed by atoms with van der Waals surface area (Å²) in [6.07, 6.45) is 1.86. The average molecular weight is 266 g/mol. The van der Waals surface area contributed by atoms with Gasteiger partial charge in [-0.15, -0.1) is 0 Å². The van der Waals surface area contributed by atoms with Crippen LogP contribution >= 0.6 is 0 Å². The summed E-state index contributed by atoms with van der Waals surface area (Å²) in [6, 6.07) is 0. The zero-order chi connectivity index (χ0) is 13.5. The van der Waals surface area contributed by atoms with Gasteiger partial charge >= 0.3 is 5.97 Å². The number of hydrogen-bond acceptors (Lipinski definition) is 4. The van der Waals surface area contributed by atoms with Crippen molar-refractivity contribution in [1.29, 1.82) is 0 Å². The van der Waals surface area contributed by atoms with Crippen molar-refractivity contribution in [2.45, 2.75) is 20.3 Å². The first-order chi connectivity index (χ1) is 7.79. The summed E-state index contributed by atoms with van der Waals surface area (Å²) in [4.78, 5) is 10.5. The molecule has 0 aliphatic heterocycles. The van der Waals surface area contributed by atoms with Crippen LogP contribution in [-0.2, 0) is 14.8 Å². The lowest BCUT2D eigenvalue weighted by Gasteiger charge is -2.17. The van der Waals surface area contributed by atoms with Gasteiger partial charge in [-0.2, -0.15) is 0 Å². The number of carboxylic acid groups (broad SMARTS) is 1. The molecule has 1 unspecified atom stereocenters. The Bertz CT molecular complexity index is 329. The van der Waals surface area contributed by atoms with E-state index in [0.29, 0.717) is 32.6 Å². The Hall–Kier alpha value is -0.660. The topological polar surface area (TPSA) is 86.7 Å². The number of sulfonamides is 1.